The highest BCUT2D eigenvalue weighted by molar-refractivity contribution is 7.04. The first kappa shape index (κ1) is 11.6. The predicted molar refractivity (Wildman–Crippen MR) is 67.1 cm³/mol. The molecule has 0 aliphatic heterocycles. The molecule has 1 heterocycles. The van der Waals surface area contributed by atoms with Crippen molar-refractivity contribution >= 4 is 28.1 Å². The molecule has 0 aliphatic rings. The Kier molecular flexibility index (Phi) is 3.20. The Morgan fingerprint density at radius 1 is 1.17 bits per heavy atom. The fraction of sp³-hybridized carbons (Fsp3) is 0. The molecular weight excluding hydrogens is 246 g/mol. The second kappa shape index (κ2) is 4.97. The molecule has 0 fully saturated rings. The lowest BCUT2D eigenvalue weighted by Crippen LogP contribution is -2.00. The van der Waals surface area contributed by atoms with Crippen LogP contribution in [0.3, 0.4) is 0 Å². The minimum absolute atomic E-state index is 0.0606. The minimum atomic E-state index is -0.240. The van der Waals surface area contributed by atoms with Crippen LogP contribution in [0, 0.1) is 34.0 Å². The van der Waals surface area contributed by atoms with Crippen LogP contribution < -0.4 is 5.32 Å². The Labute approximate surface area is 107 Å². The summed E-state index contributed by atoms with van der Waals surface area (Å²) >= 11 is 1.34. The van der Waals surface area contributed by atoms with Crippen molar-refractivity contribution in [1.82, 2.24) is 4.37 Å². The molecule has 0 saturated heterocycles. The number of anilines is 1. The maximum Gasteiger partial charge on any atom is 0.163 e. The average Bonchev–Trinajstić information content (AvgIpc) is 2.86. The number of hydrogen-bond acceptors (Lipinski definition) is 6. The largest absolute Gasteiger partial charge is 0.345 e. The van der Waals surface area contributed by atoms with Gasteiger partial charge >= 0.3 is 0 Å². The molecule has 2 aromatic rings. The fourth-order valence-corrected chi connectivity index (χ4v) is 2.00. The molecular formula is C12H5N5S. The summed E-state index contributed by atoms with van der Waals surface area (Å²) in [5.74, 6) is 0. The molecule has 5 nitrogen and oxygen atoms in total. The van der Waals surface area contributed by atoms with Crippen LogP contribution in [0.25, 0.3) is 10.9 Å². The van der Waals surface area contributed by atoms with Gasteiger partial charge in [-0.3, -0.25) is 0 Å². The molecule has 0 aliphatic carbocycles. The minimum Gasteiger partial charge on any atom is -0.345 e. The molecule has 0 radical (unpaired) electrons. The topological polar surface area (TPSA) is 96.3 Å². The van der Waals surface area contributed by atoms with E-state index in [0.29, 0.717) is 5.69 Å². The van der Waals surface area contributed by atoms with Crippen LogP contribution in [0.4, 0.5) is 5.69 Å². The molecule has 2 rings (SSSR count). The third-order valence-electron chi connectivity index (χ3n) is 2.22. The number of fused-ring (bicyclic) bond motifs is 1. The van der Waals surface area contributed by atoms with Crippen LogP contribution in [0.15, 0.2) is 34.8 Å². The molecule has 0 spiro atoms. The first-order valence-electron chi connectivity index (χ1n) is 4.84. The van der Waals surface area contributed by atoms with Crippen molar-refractivity contribution in [2.45, 2.75) is 0 Å². The molecule has 1 aromatic carbocycles. The molecule has 0 bridgehead atoms. The van der Waals surface area contributed by atoms with E-state index in [9.17, 15) is 0 Å². The Bertz CT molecular complexity index is 735. The zero-order valence-electron chi connectivity index (χ0n) is 9.01. The molecule has 1 N–H and O–H groups in total. The van der Waals surface area contributed by atoms with Crippen molar-refractivity contribution in [2.24, 2.45) is 0 Å². The fourth-order valence-electron chi connectivity index (χ4n) is 1.37. The second-order valence-corrected chi connectivity index (χ2v) is 3.93. The Morgan fingerprint density at radius 2 is 1.94 bits per heavy atom. The summed E-state index contributed by atoms with van der Waals surface area (Å²) in [6.45, 7) is 0. The van der Waals surface area contributed by atoms with Gasteiger partial charge in [0, 0.05) is 16.5 Å². The zero-order valence-corrected chi connectivity index (χ0v) is 9.82. The summed E-state index contributed by atoms with van der Waals surface area (Å²) in [5, 5.41) is 32.0. The highest BCUT2D eigenvalue weighted by atomic mass is 32.1. The average molecular weight is 251 g/mol. The van der Waals surface area contributed by atoms with Gasteiger partial charge in [0.1, 0.15) is 23.9 Å². The zero-order chi connectivity index (χ0) is 13.0. The van der Waals surface area contributed by atoms with E-state index in [1.807, 2.05) is 11.4 Å². The van der Waals surface area contributed by atoms with E-state index >= 15 is 0 Å². The Hall–Kier alpha value is -2.88. The molecule has 0 amide bonds. The third-order valence-corrected chi connectivity index (χ3v) is 2.88. The lowest BCUT2D eigenvalue weighted by atomic mass is 10.2. The molecule has 0 unspecified atom stereocenters. The molecule has 0 atom stereocenters. The molecule has 1 aromatic heterocycles. The van der Waals surface area contributed by atoms with Crippen molar-refractivity contribution in [2.75, 3.05) is 5.32 Å². The quantitative estimate of drug-likeness (QED) is 0.827. The van der Waals surface area contributed by atoms with Gasteiger partial charge in [0.25, 0.3) is 0 Å². The summed E-state index contributed by atoms with van der Waals surface area (Å²) in [7, 11) is 0. The van der Waals surface area contributed by atoms with Crippen molar-refractivity contribution in [3.8, 4) is 18.2 Å². The van der Waals surface area contributed by atoms with Gasteiger partial charge in [-0.15, -0.1) is 0 Å². The van der Waals surface area contributed by atoms with Gasteiger partial charge in [-0.2, -0.15) is 20.2 Å². The number of nitrogens with zero attached hydrogens (tertiary/aromatic N) is 4. The molecule has 84 valence electrons. The summed E-state index contributed by atoms with van der Waals surface area (Å²) in [4.78, 5) is 0. The van der Waals surface area contributed by atoms with Gasteiger partial charge in [0.2, 0.25) is 0 Å². The van der Waals surface area contributed by atoms with E-state index in [-0.39, 0.29) is 11.3 Å². The number of hydrogen-bond donors (Lipinski definition) is 1. The van der Waals surface area contributed by atoms with Crippen LogP contribution in [0.2, 0.25) is 0 Å². The number of nitriles is 3. The lowest BCUT2D eigenvalue weighted by molar-refractivity contribution is 1.37. The van der Waals surface area contributed by atoms with Crippen molar-refractivity contribution in [1.29, 1.82) is 15.8 Å². The van der Waals surface area contributed by atoms with Crippen LogP contribution >= 0.6 is 11.5 Å². The highest BCUT2D eigenvalue weighted by Gasteiger charge is 2.06. The van der Waals surface area contributed by atoms with Gasteiger partial charge < -0.3 is 5.32 Å². The third kappa shape index (κ3) is 2.12. The second-order valence-electron chi connectivity index (χ2n) is 3.30. The van der Waals surface area contributed by atoms with Gasteiger partial charge in [-0.1, -0.05) is 0 Å². The maximum atomic E-state index is 8.91. The van der Waals surface area contributed by atoms with E-state index in [2.05, 4.69) is 9.69 Å². The van der Waals surface area contributed by atoms with Crippen LogP contribution in [0.1, 0.15) is 0 Å². The molecule has 6 heteroatoms. The molecule has 18 heavy (non-hydrogen) atoms. The van der Waals surface area contributed by atoms with Crippen LogP contribution in [0.5, 0.6) is 0 Å². The number of benzene rings is 1. The van der Waals surface area contributed by atoms with Gasteiger partial charge in [0.05, 0.1) is 5.52 Å². The number of allylic oxidation sites excluding steroid dienone is 2. The van der Waals surface area contributed by atoms with Gasteiger partial charge in [-0.05, 0) is 29.7 Å². The van der Waals surface area contributed by atoms with E-state index < -0.39 is 0 Å². The first-order chi connectivity index (χ1) is 8.78. The maximum absolute atomic E-state index is 8.91. The van der Waals surface area contributed by atoms with Crippen LogP contribution in [-0.2, 0) is 0 Å². The summed E-state index contributed by atoms with van der Waals surface area (Å²) in [5.41, 5.74) is 1.12. The smallest absolute Gasteiger partial charge is 0.163 e. The standard InChI is InChI=1S/C12H5N5S/c13-4-9(5-14)12(6-15)16-10-2-1-8-7-18-17-11(8)3-10/h1-3,7,16H. The van der Waals surface area contributed by atoms with Gasteiger partial charge in [0.15, 0.2) is 5.57 Å². The molecule has 0 saturated carbocycles. The highest BCUT2D eigenvalue weighted by Crippen LogP contribution is 2.21. The van der Waals surface area contributed by atoms with E-state index in [1.54, 1.807) is 30.3 Å². The Morgan fingerprint density at radius 3 is 2.61 bits per heavy atom. The van der Waals surface area contributed by atoms with E-state index in [4.69, 9.17) is 15.8 Å². The number of aromatic nitrogens is 1. The van der Waals surface area contributed by atoms with Crippen molar-refractivity contribution in [3.63, 3.8) is 0 Å². The van der Waals surface area contributed by atoms with Crippen LogP contribution in [-0.4, -0.2) is 4.37 Å². The normalized spacial score (nSPS) is 8.94. The first-order valence-corrected chi connectivity index (χ1v) is 5.68. The predicted octanol–water partition coefficient (Wildman–Crippen LogP) is 2.53. The summed E-state index contributed by atoms with van der Waals surface area (Å²) in [6, 6.07) is 10.5. The SMILES string of the molecule is N#CC(C#N)=C(C#N)Nc1ccc2csnc2c1. The summed E-state index contributed by atoms with van der Waals surface area (Å²) in [6.07, 6.45) is 0. The van der Waals surface area contributed by atoms with Crippen molar-refractivity contribution < 1.29 is 0 Å². The summed E-state index contributed by atoms with van der Waals surface area (Å²) < 4.78 is 4.17. The number of rotatable bonds is 2. The van der Waals surface area contributed by atoms with E-state index in [0.717, 1.165) is 10.9 Å². The van der Waals surface area contributed by atoms with Crippen molar-refractivity contribution in [3.05, 3.63) is 34.8 Å². The van der Waals surface area contributed by atoms with E-state index in [1.165, 1.54) is 11.5 Å². The number of nitrogens with one attached hydrogen (secondary N) is 1. The monoisotopic (exact) mass is 251 g/mol. The van der Waals surface area contributed by atoms with Gasteiger partial charge in [-0.25, -0.2) is 0 Å². The lowest BCUT2D eigenvalue weighted by Gasteiger charge is -2.03. The Balaban J connectivity index is 2.40.